The predicted octanol–water partition coefficient (Wildman–Crippen LogP) is 5.26. The summed E-state index contributed by atoms with van der Waals surface area (Å²) in [5.74, 6) is -0.611. The molecule has 0 aliphatic carbocycles. The number of benzene rings is 4. The van der Waals surface area contributed by atoms with E-state index in [0.717, 1.165) is 22.3 Å². The molecule has 1 N–H and O–H groups in total. The second-order valence-electron chi connectivity index (χ2n) is 13.7. The van der Waals surface area contributed by atoms with Gasteiger partial charge >= 0.3 is 5.97 Å². The Labute approximate surface area is 321 Å². The lowest BCUT2D eigenvalue weighted by molar-refractivity contribution is -0.396. The van der Waals surface area contributed by atoms with Gasteiger partial charge in [-0.15, -0.1) is 0 Å². The number of aliphatic hydroxyl groups is 1. The van der Waals surface area contributed by atoms with Crippen LogP contribution < -0.4 is 0 Å². The number of rotatable bonds is 15. The molecule has 12 nitrogen and oxygen atoms in total. The molecule has 0 saturated carbocycles. The van der Waals surface area contributed by atoms with Crippen molar-refractivity contribution in [2.75, 3.05) is 20.3 Å². The SMILES string of the molecule is CO[C@@H]1OC2COC(c3ccccc3)O[C@H]2C(OCc2ccccc2)C1O[C@@H]1OC(COCc2ccccc2)[C@@H](O)C(OCc2ccccc2)C1OC(C)=O. The van der Waals surface area contributed by atoms with Crippen molar-refractivity contribution in [3.63, 3.8) is 0 Å². The lowest BCUT2D eigenvalue weighted by atomic mass is 9.95. The summed E-state index contributed by atoms with van der Waals surface area (Å²) in [5, 5.41) is 11.8. The summed E-state index contributed by atoms with van der Waals surface area (Å²) in [6, 6.07) is 38.6. The van der Waals surface area contributed by atoms with Crippen LogP contribution in [-0.2, 0) is 72.0 Å². The first-order chi connectivity index (χ1) is 27.0. The van der Waals surface area contributed by atoms with Gasteiger partial charge in [0.2, 0.25) is 0 Å². The molecular weight excluding hydrogens is 708 g/mol. The molecule has 55 heavy (non-hydrogen) atoms. The summed E-state index contributed by atoms with van der Waals surface area (Å²) in [6.45, 7) is 2.11. The normalized spacial score (nSPS) is 30.6. The highest BCUT2D eigenvalue weighted by Gasteiger charge is 2.56. The molecule has 0 aromatic heterocycles. The first kappa shape index (κ1) is 39.2. The summed E-state index contributed by atoms with van der Waals surface area (Å²) >= 11 is 0. The minimum absolute atomic E-state index is 0.0133. The number of esters is 1. The first-order valence-corrected chi connectivity index (χ1v) is 18.6. The first-order valence-electron chi connectivity index (χ1n) is 18.6. The highest BCUT2D eigenvalue weighted by Crippen LogP contribution is 2.39. The largest absolute Gasteiger partial charge is 0.454 e. The molecule has 7 rings (SSSR count). The lowest BCUT2D eigenvalue weighted by Crippen LogP contribution is -2.67. The number of methoxy groups -OCH3 is 1. The Hall–Kier alpha value is -4.05. The van der Waals surface area contributed by atoms with Crippen LogP contribution in [0.2, 0.25) is 0 Å². The maximum atomic E-state index is 12.7. The van der Waals surface area contributed by atoms with Gasteiger partial charge in [-0.1, -0.05) is 121 Å². The van der Waals surface area contributed by atoms with Crippen LogP contribution in [-0.4, -0.2) is 92.8 Å². The van der Waals surface area contributed by atoms with Crippen LogP contribution in [0.4, 0.5) is 0 Å². The molecule has 4 aromatic rings. The van der Waals surface area contributed by atoms with Crippen molar-refractivity contribution in [3.05, 3.63) is 144 Å². The quantitative estimate of drug-likeness (QED) is 0.159. The van der Waals surface area contributed by atoms with E-state index in [4.69, 9.17) is 47.4 Å². The Bertz CT molecular complexity index is 1730. The zero-order chi connectivity index (χ0) is 38.0. The van der Waals surface area contributed by atoms with Crippen molar-refractivity contribution in [2.45, 2.75) is 94.4 Å². The molecule has 0 spiro atoms. The van der Waals surface area contributed by atoms with E-state index in [1.165, 1.54) is 14.0 Å². The number of carbonyl (C=O) groups is 1. The van der Waals surface area contributed by atoms with Gasteiger partial charge in [0.05, 0.1) is 33.0 Å². The van der Waals surface area contributed by atoms with E-state index in [9.17, 15) is 9.90 Å². The molecule has 0 radical (unpaired) electrons. The van der Waals surface area contributed by atoms with Crippen molar-refractivity contribution in [3.8, 4) is 0 Å². The van der Waals surface area contributed by atoms with Gasteiger partial charge in [0.15, 0.2) is 25.0 Å². The molecule has 0 amide bonds. The standard InChI is InChI=1S/C43H48O12/c1-28(44)51-39-37(48-24-30-17-9-4-10-18-30)35(45)33(26-47-23-29-15-7-3-8-16-29)52-43(39)55-40-38(49-25-31-19-11-5-12-20-31)36-34(53-42(40)46-2)27-50-41(54-36)32-21-13-6-14-22-32/h3-22,33-43,45H,23-27H2,1-2H3/t33?,34?,35-,36-,37?,38?,39?,40?,41?,42-,43+/m1/s1. The van der Waals surface area contributed by atoms with Gasteiger partial charge in [0, 0.05) is 19.6 Å². The zero-order valence-electron chi connectivity index (χ0n) is 30.9. The van der Waals surface area contributed by atoms with Crippen LogP contribution in [0.25, 0.3) is 0 Å². The number of carbonyl (C=O) groups excluding carboxylic acids is 1. The van der Waals surface area contributed by atoms with E-state index < -0.39 is 73.7 Å². The molecule has 12 heteroatoms. The Balaban J connectivity index is 1.19. The molecular formula is C43H48O12. The fourth-order valence-electron chi connectivity index (χ4n) is 7.05. The zero-order valence-corrected chi connectivity index (χ0v) is 30.9. The van der Waals surface area contributed by atoms with E-state index in [2.05, 4.69) is 0 Å². The second kappa shape index (κ2) is 19.2. The summed E-state index contributed by atoms with van der Waals surface area (Å²) in [6.07, 6.45) is -10.4. The van der Waals surface area contributed by atoms with Crippen molar-refractivity contribution < 1.29 is 57.3 Å². The van der Waals surface area contributed by atoms with E-state index in [-0.39, 0.29) is 33.0 Å². The molecule has 292 valence electrons. The lowest BCUT2D eigenvalue weighted by Gasteiger charge is -2.50. The molecule has 3 saturated heterocycles. The average molecular weight is 757 g/mol. The number of ether oxygens (including phenoxy) is 10. The van der Waals surface area contributed by atoms with Gasteiger partial charge in [-0.05, 0) is 16.7 Å². The third kappa shape index (κ3) is 10.0. The molecule has 3 heterocycles. The Kier molecular flexibility index (Phi) is 13.7. The fourth-order valence-corrected chi connectivity index (χ4v) is 7.05. The van der Waals surface area contributed by atoms with Gasteiger partial charge in [-0.25, -0.2) is 0 Å². The topological polar surface area (TPSA) is 130 Å². The average Bonchev–Trinajstić information content (AvgIpc) is 3.22. The van der Waals surface area contributed by atoms with Crippen LogP contribution in [0.5, 0.6) is 0 Å². The number of fused-ring (bicyclic) bond motifs is 1. The molecule has 3 aliphatic heterocycles. The molecule has 11 atom stereocenters. The minimum Gasteiger partial charge on any atom is -0.454 e. The maximum Gasteiger partial charge on any atom is 0.303 e. The van der Waals surface area contributed by atoms with Gasteiger partial charge in [-0.3, -0.25) is 4.79 Å². The summed E-state index contributed by atoms with van der Waals surface area (Å²) < 4.78 is 63.3. The minimum atomic E-state index is -1.28. The van der Waals surface area contributed by atoms with Gasteiger partial charge in [0.25, 0.3) is 0 Å². The van der Waals surface area contributed by atoms with Crippen molar-refractivity contribution in [1.82, 2.24) is 0 Å². The van der Waals surface area contributed by atoms with Gasteiger partial charge in [-0.2, -0.15) is 0 Å². The molecule has 3 aliphatic rings. The highest BCUT2D eigenvalue weighted by atomic mass is 16.8. The van der Waals surface area contributed by atoms with Crippen molar-refractivity contribution in [2.24, 2.45) is 0 Å². The smallest absolute Gasteiger partial charge is 0.303 e. The number of aliphatic hydroxyl groups excluding tert-OH is 1. The summed E-state index contributed by atoms with van der Waals surface area (Å²) in [7, 11) is 1.51. The van der Waals surface area contributed by atoms with Crippen molar-refractivity contribution >= 4 is 5.97 Å². The third-order valence-electron chi connectivity index (χ3n) is 9.76. The van der Waals surface area contributed by atoms with Gasteiger partial charge in [0.1, 0.15) is 42.7 Å². The molecule has 3 fully saturated rings. The van der Waals surface area contributed by atoms with E-state index in [1.807, 2.05) is 121 Å². The summed E-state index contributed by atoms with van der Waals surface area (Å²) in [5.41, 5.74) is 3.59. The number of hydrogen-bond acceptors (Lipinski definition) is 12. The van der Waals surface area contributed by atoms with E-state index >= 15 is 0 Å². The number of hydrogen-bond donors (Lipinski definition) is 1. The summed E-state index contributed by atoms with van der Waals surface area (Å²) in [4.78, 5) is 12.7. The fraction of sp³-hybridized carbons (Fsp3) is 0.419. The second-order valence-corrected chi connectivity index (χ2v) is 13.7. The third-order valence-corrected chi connectivity index (χ3v) is 9.76. The Morgan fingerprint density at radius 1 is 0.673 bits per heavy atom. The molecule has 0 bridgehead atoms. The molecule has 7 unspecified atom stereocenters. The molecule has 4 aromatic carbocycles. The Morgan fingerprint density at radius 2 is 1.24 bits per heavy atom. The van der Waals surface area contributed by atoms with Crippen LogP contribution in [0.1, 0.15) is 35.5 Å². The Morgan fingerprint density at radius 3 is 1.82 bits per heavy atom. The maximum absolute atomic E-state index is 12.7. The monoisotopic (exact) mass is 756 g/mol. The van der Waals surface area contributed by atoms with Crippen LogP contribution in [0.15, 0.2) is 121 Å². The highest BCUT2D eigenvalue weighted by molar-refractivity contribution is 5.66. The van der Waals surface area contributed by atoms with Crippen LogP contribution in [0, 0.1) is 0 Å². The van der Waals surface area contributed by atoms with Crippen LogP contribution in [0.3, 0.4) is 0 Å². The van der Waals surface area contributed by atoms with E-state index in [0.29, 0.717) is 0 Å². The predicted molar refractivity (Wildman–Crippen MR) is 197 cm³/mol. The van der Waals surface area contributed by atoms with Crippen LogP contribution >= 0.6 is 0 Å². The van der Waals surface area contributed by atoms with Gasteiger partial charge < -0.3 is 52.5 Å². The van der Waals surface area contributed by atoms with Crippen molar-refractivity contribution in [1.29, 1.82) is 0 Å². The van der Waals surface area contributed by atoms with E-state index in [1.54, 1.807) is 0 Å².